The Morgan fingerprint density at radius 3 is 2.32 bits per heavy atom. The number of thioether (sulfide) groups is 1. The van der Waals surface area contributed by atoms with E-state index in [0.717, 1.165) is 33.7 Å². The molecule has 0 atom stereocenters. The van der Waals surface area contributed by atoms with Crippen LogP contribution >= 0.6 is 23.4 Å². The lowest BCUT2D eigenvalue weighted by Crippen LogP contribution is -2.04. The number of hydrogen-bond acceptors (Lipinski definition) is 4. The third-order valence-electron chi connectivity index (χ3n) is 5.09. The van der Waals surface area contributed by atoms with Gasteiger partial charge in [-0.05, 0) is 80.4 Å². The fourth-order valence-corrected chi connectivity index (χ4v) is 4.07. The molecule has 1 aromatic heterocycles. The molecule has 4 rings (SSSR count). The molecule has 0 aliphatic rings. The fraction of sp³-hybridized carbons (Fsp3) is 0.200. The monoisotopic (exact) mass is 449 g/mol. The number of nitrogens with zero attached hydrogens (tertiary/aromatic N) is 3. The predicted molar refractivity (Wildman–Crippen MR) is 129 cm³/mol. The summed E-state index contributed by atoms with van der Waals surface area (Å²) in [5, 5.41) is 10.5. The third kappa shape index (κ3) is 5.12. The molecule has 0 aliphatic heterocycles. The highest BCUT2D eigenvalue weighted by Crippen LogP contribution is 2.29. The number of rotatable bonds is 7. The van der Waals surface area contributed by atoms with E-state index < -0.39 is 0 Å². The molecule has 0 spiro atoms. The third-order valence-corrected chi connectivity index (χ3v) is 6.23. The van der Waals surface area contributed by atoms with Gasteiger partial charge in [0.15, 0.2) is 11.0 Å². The standard InChI is InChI=1S/C25H24ClN3OS/c1-17-4-12-23(13-5-17)30-14-15-31-25-28-27-24(20-7-9-21(26)10-8-20)29(25)22-11-6-18(2)19(3)16-22/h4-13,16H,14-15H2,1-3H3. The predicted octanol–water partition coefficient (Wildman–Crippen LogP) is 6.68. The summed E-state index contributed by atoms with van der Waals surface area (Å²) < 4.78 is 7.98. The summed E-state index contributed by atoms with van der Waals surface area (Å²) in [6, 6.07) is 22.2. The molecule has 158 valence electrons. The fourth-order valence-electron chi connectivity index (χ4n) is 3.17. The van der Waals surface area contributed by atoms with Crippen molar-refractivity contribution in [2.24, 2.45) is 0 Å². The molecule has 0 fully saturated rings. The van der Waals surface area contributed by atoms with Crippen molar-refractivity contribution in [2.75, 3.05) is 12.4 Å². The van der Waals surface area contributed by atoms with E-state index in [1.807, 2.05) is 36.4 Å². The van der Waals surface area contributed by atoms with Crippen LogP contribution in [-0.4, -0.2) is 27.1 Å². The van der Waals surface area contributed by atoms with Crippen LogP contribution in [0.15, 0.2) is 71.9 Å². The normalized spacial score (nSPS) is 11.0. The molecule has 0 bridgehead atoms. The number of aryl methyl sites for hydroxylation is 3. The van der Waals surface area contributed by atoms with Crippen LogP contribution in [0.5, 0.6) is 5.75 Å². The highest BCUT2D eigenvalue weighted by Gasteiger charge is 2.16. The Hall–Kier alpha value is -2.76. The van der Waals surface area contributed by atoms with E-state index in [2.05, 4.69) is 65.9 Å². The van der Waals surface area contributed by atoms with Crippen LogP contribution in [0.2, 0.25) is 5.02 Å². The summed E-state index contributed by atoms with van der Waals surface area (Å²) >= 11 is 7.71. The molecule has 0 saturated carbocycles. The average molecular weight is 450 g/mol. The van der Waals surface area contributed by atoms with E-state index in [1.165, 1.54) is 16.7 Å². The quantitative estimate of drug-likeness (QED) is 0.233. The van der Waals surface area contributed by atoms with Gasteiger partial charge in [0.1, 0.15) is 5.75 Å². The molecule has 0 saturated heterocycles. The number of benzene rings is 3. The lowest BCUT2D eigenvalue weighted by molar-refractivity contribution is 0.344. The lowest BCUT2D eigenvalue weighted by atomic mass is 10.1. The first kappa shape index (κ1) is 21.5. The topological polar surface area (TPSA) is 39.9 Å². The molecule has 0 unspecified atom stereocenters. The van der Waals surface area contributed by atoms with Crippen molar-refractivity contribution >= 4 is 23.4 Å². The minimum Gasteiger partial charge on any atom is -0.493 e. The highest BCUT2D eigenvalue weighted by atomic mass is 35.5. The van der Waals surface area contributed by atoms with Crippen molar-refractivity contribution in [1.29, 1.82) is 0 Å². The minimum absolute atomic E-state index is 0.587. The van der Waals surface area contributed by atoms with Crippen LogP contribution < -0.4 is 4.74 Å². The largest absolute Gasteiger partial charge is 0.493 e. The zero-order valence-electron chi connectivity index (χ0n) is 17.8. The van der Waals surface area contributed by atoms with E-state index >= 15 is 0 Å². The SMILES string of the molecule is Cc1ccc(OCCSc2nnc(-c3ccc(Cl)cc3)n2-c2ccc(C)c(C)c2)cc1. The van der Waals surface area contributed by atoms with Gasteiger partial charge in [0, 0.05) is 16.3 Å². The van der Waals surface area contributed by atoms with Gasteiger partial charge in [-0.25, -0.2) is 0 Å². The molecule has 0 aliphatic carbocycles. The molecule has 3 aromatic carbocycles. The molecular formula is C25H24ClN3OS. The van der Waals surface area contributed by atoms with Crippen LogP contribution in [0.1, 0.15) is 16.7 Å². The molecule has 4 aromatic rings. The van der Waals surface area contributed by atoms with Crippen LogP contribution in [-0.2, 0) is 0 Å². The second-order valence-electron chi connectivity index (χ2n) is 7.43. The first-order chi connectivity index (χ1) is 15.0. The Bertz CT molecular complexity index is 1170. The Kier molecular flexibility index (Phi) is 6.64. The van der Waals surface area contributed by atoms with E-state index in [9.17, 15) is 0 Å². The maximum Gasteiger partial charge on any atom is 0.196 e. The van der Waals surface area contributed by atoms with Gasteiger partial charge in [0.05, 0.1) is 12.3 Å². The van der Waals surface area contributed by atoms with Crippen LogP contribution in [0.3, 0.4) is 0 Å². The molecule has 0 amide bonds. The first-order valence-electron chi connectivity index (χ1n) is 10.1. The summed E-state index contributed by atoms with van der Waals surface area (Å²) in [7, 11) is 0. The molecule has 6 heteroatoms. The van der Waals surface area contributed by atoms with E-state index in [4.69, 9.17) is 16.3 Å². The van der Waals surface area contributed by atoms with E-state index in [0.29, 0.717) is 11.6 Å². The maximum absolute atomic E-state index is 6.08. The Morgan fingerprint density at radius 1 is 0.871 bits per heavy atom. The van der Waals surface area contributed by atoms with Crippen molar-refractivity contribution in [3.63, 3.8) is 0 Å². The van der Waals surface area contributed by atoms with E-state index in [1.54, 1.807) is 11.8 Å². The van der Waals surface area contributed by atoms with Gasteiger partial charge >= 0.3 is 0 Å². The molecule has 4 nitrogen and oxygen atoms in total. The minimum atomic E-state index is 0.587. The maximum atomic E-state index is 6.08. The van der Waals surface area contributed by atoms with Gasteiger partial charge in [-0.3, -0.25) is 4.57 Å². The summed E-state index contributed by atoms with van der Waals surface area (Å²) in [5.41, 5.74) is 5.72. The van der Waals surface area contributed by atoms with Gasteiger partial charge in [0.25, 0.3) is 0 Å². The van der Waals surface area contributed by atoms with Crippen LogP contribution in [0.4, 0.5) is 0 Å². The first-order valence-corrected chi connectivity index (χ1v) is 11.5. The second-order valence-corrected chi connectivity index (χ2v) is 8.93. The average Bonchev–Trinajstić information content (AvgIpc) is 3.19. The Labute approximate surface area is 192 Å². The second kappa shape index (κ2) is 9.58. The van der Waals surface area contributed by atoms with E-state index in [-0.39, 0.29) is 0 Å². The smallest absolute Gasteiger partial charge is 0.196 e. The van der Waals surface area contributed by atoms with Crippen LogP contribution in [0.25, 0.3) is 17.1 Å². The zero-order valence-corrected chi connectivity index (χ0v) is 19.4. The van der Waals surface area contributed by atoms with Gasteiger partial charge in [-0.2, -0.15) is 0 Å². The summed E-state index contributed by atoms with van der Waals surface area (Å²) in [5.74, 6) is 2.43. The van der Waals surface area contributed by atoms with Gasteiger partial charge in [-0.1, -0.05) is 47.1 Å². The van der Waals surface area contributed by atoms with Crippen molar-refractivity contribution in [2.45, 2.75) is 25.9 Å². The number of ether oxygens (including phenoxy) is 1. The van der Waals surface area contributed by atoms with Crippen molar-refractivity contribution in [3.8, 4) is 22.8 Å². The van der Waals surface area contributed by atoms with Gasteiger partial charge < -0.3 is 4.74 Å². The van der Waals surface area contributed by atoms with Crippen molar-refractivity contribution in [3.05, 3.63) is 88.4 Å². The van der Waals surface area contributed by atoms with Crippen LogP contribution in [0, 0.1) is 20.8 Å². The Balaban J connectivity index is 1.58. The summed E-state index contributed by atoms with van der Waals surface area (Å²) in [6.45, 7) is 6.89. The number of hydrogen-bond donors (Lipinski definition) is 0. The molecule has 31 heavy (non-hydrogen) atoms. The molecular weight excluding hydrogens is 426 g/mol. The van der Waals surface area contributed by atoms with Crippen molar-refractivity contribution < 1.29 is 4.74 Å². The zero-order chi connectivity index (χ0) is 21.8. The number of aromatic nitrogens is 3. The van der Waals surface area contributed by atoms with Gasteiger partial charge in [0.2, 0.25) is 0 Å². The lowest BCUT2D eigenvalue weighted by Gasteiger charge is -2.12. The van der Waals surface area contributed by atoms with Gasteiger partial charge in [-0.15, -0.1) is 10.2 Å². The molecule has 1 heterocycles. The molecule has 0 N–H and O–H groups in total. The number of halogens is 1. The summed E-state index contributed by atoms with van der Waals surface area (Å²) in [4.78, 5) is 0. The molecule has 0 radical (unpaired) electrons. The summed E-state index contributed by atoms with van der Waals surface area (Å²) in [6.07, 6.45) is 0. The van der Waals surface area contributed by atoms with Crippen molar-refractivity contribution in [1.82, 2.24) is 14.8 Å². The Morgan fingerprint density at radius 2 is 1.61 bits per heavy atom. The highest BCUT2D eigenvalue weighted by molar-refractivity contribution is 7.99.